The van der Waals surface area contributed by atoms with Crippen LogP contribution >= 0.6 is 7.75 Å². The lowest BCUT2D eigenvalue weighted by atomic mass is 10.1. The molecule has 0 aromatic carbocycles. The summed E-state index contributed by atoms with van der Waals surface area (Å²) in [5.41, 5.74) is 2.21. The summed E-state index contributed by atoms with van der Waals surface area (Å²) in [5.74, 6) is 0. The molecule has 0 fully saturated rings. The minimum Gasteiger partial charge on any atom is -0.292 e. The van der Waals surface area contributed by atoms with Gasteiger partial charge in [-0.15, -0.1) is 0 Å². The summed E-state index contributed by atoms with van der Waals surface area (Å²) < 4.78 is 25.1. The summed E-state index contributed by atoms with van der Waals surface area (Å²) in [6.07, 6.45) is 3.94. The lowest BCUT2D eigenvalue weighted by molar-refractivity contribution is 0.175. The van der Waals surface area contributed by atoms with Crippen molar-refractivity contribution >= 4 is 7.75 Å². The van der Waals surface area contributed by atoms with Crippen molar-refractivity contribution in [2.75, 3.05) is 13.2 Å². The van der Waals surface area contributed by atoms with E-state index in [-0.39, 0.29) is 6.04 Å². The van der Waals surface area contributed by atoms with Gasteiger partial charge in [0.15, 0.2) is 0 Å². The second-order valence-electron chi connectivity index (χ2n) is 4.12. The van der Waals surface area contributed by atoms with Crippen LogP contribution in [0.25, 0.3) is 0 Å². The molecule has 1 atom stereocenters. The molecule has 0 amide bonds. The maximum atomic E-state index is 12.7. The maximum absolute atomic E-state index is 12.7. The van der Waals surface area contributed by atoms with Gasteiger partial charge in [-0.2, -0.15) is 0 Å². The minimum absolute atomic E-state index is 0.0302. The van der Waals surface area contributed by atoms with Crippen LogP contribution in [-0.2, 0) is 13.6 Å². The fourth-order valence-electron chi connectivity index (χ4n) is 1.83. The van der Waals surface area contributed by atoms with E-state index in [0.29, 0.717) is 13.2 Å². The van der Waals surface area contributed by atoms with Crippen LogP contribution in [-0.4, -0.2) is 23.9 Å². The zero-order chi connectivity index (χ0) is 13.1. The fourth-order valence-corrected chi connectivity index (χ4v) is 3.75. The first-order valence-electron chi connectivity index (χ1n) is 5.99. The van der Waals surface area contributed by atoms with Crippen LogP contribution in [0.2, 0.25) is 0 Å². The van der Waals surface area contributed by atoms with Crippen LogP contribution in [0.1, 0.15) is 34.6 Å². The molecule has 5 heteroatoms. The Kier molecular flexibility index (Phi) is 4.99. The SMILES string of the molecule is CCOP(=O)(OCC)N1C=C(C)C=C(C)C1C. The molecule has 98 valence electrons. The van der Waals surface area contributed by atoms with Gasteiger partial charge in [0.25, 0.3) is 0 Å². The highest BCUT2D eigenvalue weighted by atomic mass is 31.2. The molecule has 0 saturated carbocycles. The Balaban J connectivity index is 3.03. The molecule has 1 rings (SSSR count). The lowest BCUT2D eigenvalue weighted by Gasteiger charge is -2.36. The minimum atomic E-state index is -3.21. The molecule has 1 aliphatic heterocycles. The summed E-state index contributed by atoms with van der Waals surface area (Å²) in [4.78, 5) is 0. The fraction of sp³-hybridized carbons (Fsp3) is 0.667. The highest BCUT2D eigenvalue weighted by Gasteiger charge is 2.36. The van der Waals surface area contributed by atoms with Gasteiger partial charge in [0.05, 0.1) is 19.3 Å². The molecular weight excluding hydrogens is 237 g/mol. The van der Waals surface area contributed by atoms with Crippen LogP contribution in [0.3, 0.4) is 0 Å². The molecule has 0 spiro atoms. The number of hydrogen-bond acceptors (Lipinski definition) is 3. The Morgan fingerprint density at radius 1 is 1.29 bits per heavy atom. The van der Waals surface area contributed by atoms with E-state index in [2.05, 4.69) is 6.08 Å². The molecular formula is C12H22NO3P. The molecule has 0 aromatic rings. The summed E-state index contributed by atoms with van der Waals surface area (Å²) in [6.45, 7) is 10.4. The third kappa shape index (κ3) is 3.21. The predicted molar refractivity (Wildman–Crippen MR) is 69.7 cm³/mol. The van der Waals surface area contributed by atoms with Crippen LogP contribution in [0.15, 0.2) is 23.4 Å². The normalized spacial score (nSPS) is 21.2. The average Bonchev–Trinajstić information content (AvgIpc) is 2.24. The van der Waals surface area contributed by atoms with Gasteiger partial charge in [0.2, 0.25) is 0 Å². The topological polar surface area (TPSA) is 38.8 Å². The average molecular weight is 259 g/mol. The first-order valence-corrected chi connectivity index (χ1v) is 7.48. The third-order valence-electron chi connectivity index (χ3n) is 2.71. The highest BCUT2D eigenvalue weighted by Crippen LogP contribution is 2.55. The molecule has 17 heavy (non-hydrogen) atoms. The smallest absolute Gasteiger partial charge is 0.292 e. The predicted octanol–water partition coefficient (Wildman–Crippen LogP) is 3.72. The van der Waals surface area contributed by atoms with Crippen LogP contribution < -0.4 is 0 Å². The molecule has 0 aromatic heterocycles. The Morgan fingerprint density at radius 3 is 2.29 bits per heavy atom. The molecule has 1 unspecified atom stereocenters. The Hall–Kier alpha value is -0.570. The molecule has 0 saturated heterocycles. The van der Waals surface area contributed by atoms with E-state index in [1.54, 1.807) is 4.67 Å². The van der Waals surface area contributed by atoms with E-state index in [4.69, 9.17) is 9.05 Å². The second kappa shape index (κ2) is 5.85. The quantitative estimate of drug-likeness (QED) is 0.705. The van der Waals surface area contributed by atoms with Crippen molar-refractivity contribution in [2.24, 2.45) is 0 Å². The zero-order valence-corrected chi connectivity index (χ0v) is 12.2. The molecule has 1 aliphatic rings. The van der Waals surface area contributed by atoms with Gasteiger partial charge in [-0.25, -0.2) is 4.57 Å². The Bertz CT molecular complexity index is 366. The van der Waals surface area contributed by atoms with Crippen LogP contribution in [0, 0.1) is 0 Å². The summed E-state index contributed by atoms with van der Waals surface area (Å²) >= 11 is 0. The van der Waals surface area contributed by atoms with E-state index in [1.165, 1.54) is 0 Å². The standard InChI is InChI=1S/C12H22NO3P/c1-6-15-17(14,16-7-2)13-9-10(3)8-11(4)12(13)5/h8-9,12H,6-7H2,1-5H3. The van der Waals surface area contributed by atoms with Crippen molar-refractivity contribution in [3.63, 3.8) is 0 Å². The van der Waals surface area contributed by atoms with Gasteiger partial charge >= 0.3 is 7.75 Å². The highest BCUT2D eigenvalue weighted by molar-refractivity contribution is 7.51. The number of rotatable bonds is 5. The van der Waals surface area contributed by atoms with E-state index < -0.39 is 7.75 Å². The molecule has 0 aliphatic carbocycles. The maximum Gasteiger partial charge on any atom is 0.435 e. The zero-order valence-electron chi connectivity index (χ0n) is 11.3. The van der Waals surface area contributed by atoms with Gasteiger partial charge in [0, 0.05) is 6.20 Å². The van der Waals surface area contributed by atoms with E-state index >= 15 is 0 Å². The van der Waals surface area contributed by atoms with Crippen molar-refractivity contribution in [3.05, 3.63) is 23.4 Å². The van der Waals surface area contributed by atoms with Gasteiger partial charge in [-0.05, 0) is 40.2 Å². The largest absolute Gasteiger partial charge is 0.435 e. The first-order chi connectivity index (χ1) is 7.94. The molecule has 1 heterocycles. The van der Waals surface area contributed by atoms with E-state index in [9.17, 15) is 4.57 Å². The third-order valence-corrected chi connectivity index (χ3v) is 4.91. The summed E-state index contributed by atoms with van der Waals surface area (Å²) in [5, 5.41) is 0. The first kappa shape index (κ1) is 14.5. The number of hydrogen-bond donors (Lipinski definition) is 0. The van der Waals surface area contributed by atoms with Crippen molar-refractivity contribution in [1.82, 2.24) is 4.67 Å². The van der Waals surface area contributed by atoms with Gasteiger partial charge < -0.3 is 0 Å². The van der Waals surface area contributed by atoms with Crippen LogP contribution in [0.4, 0.5) is 0 Å². The summed E-state index contributed by atoms with van der Waals surface area (Å²) in [6, 6.07) is 0.0302. The number of allylic oxidation sites excluding steroid dienone is 2. The molecule has 0 N–H and O–H groups in total. The van der Waals surface area contributed by atoms with Gasteiger partial charge in [0.1, 0.15) is 0 Å². The van der Waals surface area contributed by atoms with Crippen LogP contribution in [0.5, 0.6) is 0 Å². The molecule has 0 bridgehead atoms. The number of nitrogens with zero attached hydrogens (tertiary/aromatic N) is 1. The van der Waals surface area contributed by atoms with Gasteiger partial charge in [-0.3, -0.25) is 13.7 Å². The van der Waals surface area contributed by atoms with E-state index in [0.717, 1.165) is 11.1 Å². The van der Waals surface area contributed by atoms with Crippen molar-refractivity contribution in [1.29, 1.82) is 0 Å². The van der Waals surface area contributed by atoms with Crippen molar-refractivity contribution in [2.45, 2.75) is 40.7 Å². The van der Waals surface area contributed by atoms with Crippen molar-refractivity contribution < 1.29 is 13.6 Å². The molecule has 4 nitrogen and oxygen atoms in total. The second-order valence-corrected chi connectivity index (χ2v) is 6.04. The Morgan fingerprint density at radius 2 is 1.82 bits per heavy atom. The van der Waals surface area contributed by atoms with Gasteiger partial charge in [-0.1, -0.05) is 11.6 Å². The molecule has 0 radical (unpaired) electrons. The van der Waals surface area contributed by atoms with Crippen molar-refractivity contribution in [3.8, 4) is 0 Å². The monoisotopic (exact) mass is 259 g/mol. The van der Waals surface area contributed by atoms with E-state index in [1.807, 2.05) is 40.8 Å². The Labute approximate surface area is 104 Å². The summed E-state index contributed by atoms with van der Waals surface area (Å²) in [7, 11) is -3.21. The lowest BCUT2D eigenvalue weighted by Crippen LogP contribution is -2.30.